The van der Waals surface area contributed by atoms with E-state index < -0.39 is 6.10 Å². The third-order valence-corrected chi connectivity index (χ3v) is 5.80. The molecule has 0 saturated carbocycles. The molecule has 0 aliphatic rings. The maximum absolute atomic E-state index is 10.1. The number of rotatable bonds is 6. The Morgan fingerprint density at radius 3 is 2.91 bits per heavy atom. The number of ether oxygens (including phenoxy) is 1. The first kappa shape index (κ1) is 16.6. The molecule has 1 unspecified atom stereocenters. The summed E-state index contributed by atoms with van der Waals surface area (Å²) in [4.78, 5) is 4.54. The van der Waals surface area contributed by atoms with E-state index in [1.807, 2.05) is 37.3 Å². The molecular formula is C17H16ClNO2S2. The lowest BCUT2D eigenvalue weighted by Crippen LogP contribution is -2.20. The van der Waals surface area contributed by atoms with E-state index in [1.165, 1.54) is 0 Å². The van der Waals surface area contributed by atoms with Crippen LogP contribution in [0, 0.1) is 6.92 Å². The van der Waals surface area contributed by atoms with Crippen LogP contribution in [0.4, 0.5) is 0 Å². The van der Waals surface area contributed by atoms with Gasteiger partial charge in [0.1, 0.15) is 12.4 Å². The topological polar surface area (TPSA) is 42.4 Å². The Morgan fingerprint density at radius 2 is 2.13 bits per heavy atom. The summed E-state index contributed by atoms with van der Waals surface area (Å²) >= 11 is 9.11. The predicted octanol–water partition coefficient (Wildman–Crippen LogP) is 4.79. The second kappa shape index (κ2) is 7.53. The van der Waals surface area contributed by atoms with Gasteiger partial charge in [0.2, 0.25) is 0 Å². The summed E-state index contributed by atoms with van der Waals surface area (Å²) in [5.41, 5.74) is 1.96. The van der Waals surface area contributed by atoms with Gasteiger partial charge in [-0.2, -0.15) is 0 Å². The van der Waals surface area contributed by atoms with Gasteiger partial charge >= 0.3 is 0 Å². The second-order valence-corrected chi connectivity index (χ2v) is 7.87. The van der Waals surface area contributed by atoms with Gasteiger partial charge in [-0.15, -0.1) is 11.3 Å². The third-order valence-electron chi connectivity index (χ3n) is 3.24. The first-order valence-electron chi connectivity index (χ1n) is 7.17. The van der Waals surface area contributed by atoms with Gasteiger partial charge in [0.25, 0.3) is 0 Å². The van der Waals surface area contributed by atoms with E-state index in [4.69, 9.17) is 16.3 Å². The number of hydrogen-bond donors (Lipinski definition) is 1. The quantitative estimate of drug-likeness (QED) is 0.638. The van der Waals surface area contributed by atoms with Gasteiger partial charge in [-0.3, -0.25) is 0 Å². The number of nitrogens with zero attached hydrogens (tertiary/aromatic N) is 1. The highest BCUT2D eigenvalue weighted by Gasteiger charge is 2.10. The lowest BCUT2D eigenvalue weighted by Gasteiger charge is -2.13. The van der Waals surface area contributed by atoms with Crippen molar-refractivity contribution < 1.29 is 9.84 Å². The number of aliphatic hydroxyl groups is 1. The molecule has 1 atom stereocenters. The molecule has 0 aliphatic carbocycles. The molecule has 23 heavy (non-hydrogen) atoms. The molecule has 6 heteroatoms. The van der Waals surface area contributed by atoms with Gasteiger partial charge in [-0.25, -0.2) is 4.98 Å². The minimum Gasteiger partial charge on any atom is -0.491 e. The Bertz CT molecular complexity index is 773. The largest absolute Gasteiger partial charge is 0.491 e. The van der Waals surface area contributed by atoms with Gasteiger partial charge in [-0.1, -0.05) is 35.5 Å². The highest BCUT2D eigenvalue weighted by molar-refractivity contribution is 8.01. The van der Waals surface area contributed by atoms with Gasteiger partial charge in [0, 0.05) is 10.8 Å². The molecule has 1 N–H and O–H groups in total. The number of halogens is 1. The smallest absolute Gasteiger partial charge is 0.151 e. The van der Waals surface area contributed by atoms with Crippen LogP contribution in [0.5, 0.6) is 5.75 Å². The van der Waals surface area contributed by atoms with E-state index >= 15 is 0 Å². The van der Waals surface area contributed by atoms with Crippen molar-refractivity contribution in [2.45, 2.75) is 17.4 Å². The van der Waals surface area contributed by atoms with Gasteiger partial charge in [-0.05, 0) is 42.8 Å². The molecule has 3 nitrogen and oxygen atoms in total. The van der Waals surface area contributed by atoms with Crippen LogP contribution in [-0.4, -0.2) is 28.6 Å². The van der Waals surface area contributed by atoms with Crippen LogP contribution in [0.25, 0.3) is 10.2 Å². The number of aromatic nitrogens is 1. The van der Waals surface area contributed by atoms with Crippen molar-refractivity contribution in [3.05, 3.63) is 53.1 Å². The molecule has 2 aromatic carbocycles. The molecular weight excluding hydrogens is 350 g/mol. The lowest BCUT2D eigenvalue weighted by atomic mass is 10.2. The SMILES string of the molecule is Cc1cc(Cl)ccc1OCC(O)CSc1nc2ccccc2s1. The van der Waals surface area contributed by atoms with E-state index in [-0.39, 0.29) is 6.61 Å². The van der Waals surface area contributed by atoms with Crippen LogP contribution in [0.15, 0.2) is 46.8 Å². The van der Waals surface area contributed by atoms with E-state index in [1.54, 1.807) is 29.2 Å². The third kappa shape index (κ3) is 4.38. The van der Waals surface area contributed by atoms with Crippen LogP contribution in [-0.2, 0) is 0 Å². The molecule has 0 bridgehead atoms. The Morgan fingerprint density at radius 1 is 1.30 bits per heavy atom. The second-order valence-electron chi connectivity index (χ2n) is 5.13. The zero-order chi connectivity index (χ0) is 16.2. The summed E-state index contributed by atoms with van der Waals surface area (Å²) in [6.45, 7) is 2.18. The van der Waals surface area contributed by atoms with Crippen molar-refractivity contribution in [3.8, 4) is 5.75 Å². The summed E-state index contributed by atoms with van der Waals surface area (Å²) in [6.07, 6.45) is -0.554. The van der Waals surface area contributed by atoms with Gasteiger partial charge in [0.05, 0.1) is 16.3 Å². The van der Waals surface area contributed by atoms with E-state index in [0.29, 0.717) is 10.8 Å². The number of para-hydroxylation sites is 1. The minimum atomic E-state index is -0.554. The fraction of sp³-hybridized carbons (Fsp3) is 0.235. The zero-order valence-electron chi connectivity index (χ0n) is 12.5. The average molecular weight is 366 g/mol. The number of hydrogen-bond acceptors (Lipinski definition) is 5. The van der Waals surface area contributed by atoms with Crippen molar-refractivity contribution in [3.63, 3.8) is 0 Å². The molecule has 0 fully saturated rings. The van der Waals surface area contributed by atoms with E-state index in [9.17, 15) is 5.11 Å². The summed E-state index contributed by atoms with van der Waals surface area (Å²) in [6, 6.07) is 13.5. The Labute approximate surface area is 148 Å². The van der Waals surface area contributed by atoms with Crippen molar-refractivity contribution >= 4 is 44.9 Å². The van der Waals surface area contributed by atoms with Gasteiger partial charge < -0.3 is 9.84 Å². The number of benzene rings is 2. The number of thiazole rings is 1. The molecule has 0 spiro atoms. The summed E-state index contributed by atoms with van der Waals surface area (Å²) in [5.74, 6) is 1.30. The van der Waals surface area contributed by atoms with Crippen LogP contribution in [0.3, 0.4) is 0 Å². The van der Waals surface area contributed by atoms with Crippen LogP contribution in [0.2, 0.25) is 5.02 Å². The molecule has 1 aromatic heterocycles. The molecule has 0 aliphatic heterocycles. The zero-order valence-corrected chi connectivity index (χ0v) is 14.9. The molecule has 0 amide bonds. The number of aliphatic hydroxyl groups excluding tert-OH is 1. The minimum absolute atomic E-state index is 0.250. The predicted molar refractivity (Wildman–Crippen MR) is 98.0 cm³/mol. The maximum atomic E-state index is 10.1. The van der Waals surface area contributed by atoms with Crippen molar-refractivity contribution in [2.75, 3.05) is 12.4 Å². The first-order valence-corrected chi connectivity index (χ1v) is 9.35. The Balaban J connectivity index is 1.52. The molecule has 0 saturated heterocycles. The van der Waals surface area contributed by atoms with Crippen LogP contribution in [0.1, 0.15) is 5.56 Å². The fourth-order valence-corrected chi connectivity index (χ4v) is 4.32. The Hall–Kier alpha value is -1.27. The number of fused-ring (bicyclic) bond motifs is 1. The molecule has 3 aromatic rings. The Kier molecular flexibility index (Phi) is 5.43. The molecule has 0 radical (unpaired) electrons. The van der Waals surface area contributed by atoms with Crippen LogP contribution >= 0.6 is 34.7 Å². The van der Waals surface area contributed by atoms with E-state index in [0.717, 1.165) is 25.9 Å². The lowest BCUT2D eigenvalue weighted by molar-refractivity contribution is 0.126. The molecule has 1 heterocycles. The summed E-state index contributed by atoms with van der Waals surface area (Å²) in [5, 5.41) is 10.8. The standard InChI is InChI=1S/C17H16ClNO2S2/c1-11-8-12(18)6-7-15(11)21-9-13(20)10-22-17-19-14-4-2-3-5-16(14)23-17/h2-8,13,20H,9-10H2,1H3. The maximum Gasteiger partial charge on any atom is 0.151 e. The first-order chi connectivity index (χ1) is 11.1. The summed E-state index contributed by atoms with van der Waals surface area (Å²) < 4.78 is 7.79. The highest BCUT2D eigenvalue weighted by atomic mass is 35.5. The van der Waals surface area contributed by atoms with Crippen molar-refractivity contribution in [1.29, 1.82) is 0 Å². The fourth-order valence-electron chi connectivity index (χ4n) is 2.09. The highest BCUT2D eigenvalue weighted by Crippen LogP contribution is 2.29. The number of aryl methyl sites for hydroxylation is 1. The summed E-state index contributed by atoms with van der Waals surface area (Å²) in [7, 11) is 0. The molecule has 3 rings (SSSR count). The number of thioether (sulfide) groups is 1. The van der Waals surface area contributed by atoms with E-state index in [2.05, 4.69) is 11.1 Å². The molecule has 120 valence electrons. The van der Waals surface area contributed by atoms with Crippen molar-refractivity contribution in [1.82, 2.24) is 4.98 Å². The average Bonchev–Trinajstić information content (AvgIpc) is 2.95. The van der Waals surface area contributed by atoms with Crippen molar-refractivity contribution in [2.24, 2.45) is 0 Å². The van der Waals surface area contributed by atoms with Gasteiger partial charge in [0.15, 0.2) is 4.34 Å². The normalized spacial score (nSPS) is 12.5. The van der Waals surface area contributed by atoms with Crippen LogP contribution < -0.4 is 4.74 Å². The monoisotopic (exact) mass is 365 g/mol.